The van der Waals surface area contributed by atoms with Crippen molar-refractivity contribution in [1.82, 2.24) is 9.73 Å². The number of nitrogens with zero attached hydrogens (tertiary/aromatic N) is 2. The van der Waals surface area contributed by atoms with Gasteiger partial charge < -0.3 is 0 Å². The molecule has 7 heteroatoms. The largest absolute Gasteiger partial charge is 0.271 e. The second-order valence-electron chi connectivity index (χ2n) is 7.09. The maximum Gasteiger partial charge on any atom is 0.271 e. The zero-order chi connectivity index (χ0) is 20.3. The maximum absolute atomic E-state index is 12.5. The first kappa shape index (κ1) is 20.2. The van der Waals surface area contributed by atoms with Gasteiger partial charge in [-0.15, -0.1) is 0 Å². The molecule has 28 heavy (non-hydrogen) atoms. The van der Waals surface area contributed by atoms with E-state index in [1.54, 1.807) is 0 Å². The van der Waals surface area contributed by atoms with E-state index in [-0.39, 0.29) is 10.8 Å². The number of aryl methyl sites for hydroxylation is 2. The van der Waals surface area contributed by atoms with Gasteiger partial charge in [0.1, 0.15) is 0 Å². The molecule has 0 saturated carbocycles. The molecule has 1 aliphatic heterocycles. The fraction of sp³-hybridized carbons (Fsp3) is 0.333. The summed E-state index contributed by atoms with van der Waals surface area (Å²) < 4.78 is 26.6. The summed E-state index contributed by atoms with van der Waals surface area (Å²) in [5.74, 6) is -0.380. The molecule has 0 atom stereocenters. The molecule has 148 valence electrons. The lowest BCUT2D eigenvalue weighted by Gasteiger charge is -2.15. The Morgan fingerprint density at radius 1 is 1.04 bits per heavy atom. The minimum absolute atomic E-state index is 0.209. The summed E-state index contributed by atoms with van der Waals surface area (Å²) in [6.07, 6.45) is 1.77. The van der Waals surface area contributed by atoms with Crippen LogP contribution >= 0.6 is 0 Å². The van der Waals surface area contributed by atoms with E-state index in [1.165, 1.54) is 34.1 Å². The van der Waals surface area contributed by atoms with Crippen molar-refractivity contribution >= 4 is 21.6 Å². The molecule has 1 saturated heterocycles. The minimum atomic E-state index is -3.48. The van der Waals surface area contributed by atoms with Crippen molar-refractivity contribution in [2.75, 3.05) is 13.1 Å². The summed E-state index contributed by atoms with van der Waals surface area (Å²) in [5.41, 5.74) is 6.84. The SMILES string of the molecule is C/C(=N/NC(=O)c1ccc(S(=O)(=O)N2CCCC2)cc1)c1ccc(C)cc1C. The first-order chi connectivity index (χ1) is 13.3. The van der Waals surface area contributed by atoms with Gasteiger partial charge in [-0.05, 0) is 63.4 Å². The Labute approximate surface area is 166 Å². The van der Waals surface area contributed by atoms with E-state index >= 15 is 0 Å². The molecule has 0 aromatic heterocycles. The molecule has 1 amide bonds. The zero-order valence-electron chi connectivity index (χ0n) is 16.4. The molecule has 3 rings (SSSR count). The molecule has 1 aliphatic rings. The topological polar surface area (TPSA) is 78.8 Å². The molecule has 1 fully saturated rings. The van der Waals surface area contributed by atoms with Crippen molar-refractivity contribution in [2.45, 2.75) is 38.5 Å². The molecule has 2 aromatic rings. The van der Waals surface area contributed by atoms with Crippen LogP contribution in [0.25, 0.3) is 0 Å². The standard InChI is InChI=1S/C21H25N3O3S/c1-15-6-11-20(16(2)14-15)17(3)22-23-21(25)18-7-9-19(10-8-18)28(26,27)24-12-4-5-13-24/h6-11,14H,4-5,12-13H2,1-3H3,(H,23,25)/b22-17-. The van der Waals surface area contributed by atoms with Gasteiger partial charge in [0.15, 0.2) is 0 Å². The van der Waals surface area contributed by atoms with E-state index in [9.17, 15) is 13.2 Å². The predicted octanol–water partition coefficient (Wildman–Crippen LogP) is 3.24. The molecule has 0 unspecified atom stereocenters. The molecular weight excluding hydrogens is 374 g/mol. The number of hydrogen-bond acceptors (Lipinski definition) is 4. The van der Waals surface area contributed by atoms with Gasteiger partial charge in [0.05, 0.1) is 10.6 Å². The fourth-order valence-electron chi connectivity index (χ4n) is 3.33. The van der Waals surface area contributed by atoms with Crippen LogP contribution in [0, 0.1) is 13.8 Å². The number of carbonyl (C=O) groups is 1. The normalized spacial score (nSPS) is 15.6. The summed E-state index contributed by atoms with van der Waals surface area (Å²) in [4.78, 5) is 12.6. The van der Waals surface area contributed by atoms with Gasteiger partial charge in [-0.25, -0.2) is 13.8 Å². The third-order valence-electron chi connectivity index (χ3n) is 4.92. The van der Waals surface area contributed by atoms with E-state index in [0.29, 0.717) is 24.4 Å². The number of rotatable bonds is 5. The fourth-order valence-corrected chi connectivity index (χ4v) is 4.85. The Hall–Kier alpha value is -2.51. The van der Waals surface area contributed by atoms with Gasteiger partial charge >= 0.3 is 0 Å². The Kier molecular flexibility index (Phi) is 5.96. The van der Waals surface area contributed by atoms with Crippen LogP contribution in [0.2, 0.25) is 0 Å². The molecule has 0 radical (unpaired) electrons. The predicted molar refractivity (Wildman–Crippen MR) is 110 cm³/mol. The van der Waals surface area contributed by atoms with Crippen molar-refractivity contribution in [2.24, 2.45) is 5.10 Å². The lowest BCUT2D eigenvalue weighted by Crippen LogP contribution is -2.28. The molecule has 6 nitrogen and oxygen atoms in total. The van der Waals surface area contributed by atoms with Gasteiger partial charge in [0.25, 0.3) is 5.91 Å². The number of carbonyl (C=O) groups excluding carboxylic acids is 1. The van der Waals surface area contributed by atoms with Crippen LogP contribution < -0.4 is 5.43 Å². The van der Waals surface area contributed by atoms with Crippen molar-refractivity contribution in [1.29, 1.82) is 0 Å². The van der Waals surface area contributed by atoms with E-state index < -0.39 is 10.0 Å². The first-order valence-corrected chi connectivity index (χ1v) is 10.8. The maximum atomic E-state index is 12.5. The highest BCUT2D eigenvalue weighted by Crippen LogP contribution is 2.21. The third kappa shape index (κ3) is 4.31. The van der Waals surface area contributed by atoms with Crippen LogP contribution in [-0.2, 0) is 10.0 Å². The third-order valence-corrected chi connectivity index (χ3v) is 6.83. The van der Waals surface area contributed by atoms with Crippen LogP contribution in [0.3, 0.4) is 0 Å². The van der Waals surface area contributed by atoms with Crippen LogP contribution in [-0.4, -0.2) is 37.4 Å². The lowest BCUT2D eigenvalue weighted by atomic mass is 10.0. The summed E-state index contributed by atoms with van der Waals surface area (Å²) in [6.45, 7) is 6.97. The molecule has 2 aromatic carbocycles. The number of benzene rings is 2. The Morgan fingerprint density at radius 2 is 1.68 bits per heavy atom. The van der Waals surface area contributed by atoms with Gasteiger partial charge in [-0.3, -0.25) is 4.79 Å². The highest BCUT2D eigenvalue weighted by Gasteiger charge is 2.27. The highest BCUT2D eigenvalue weighted by molar-refractivity contribution is 7.89. The second-order valence-corrected chi connectivity index (χ2v) is 9.03. The molecule has 0 aliphatic carbocycles. The number of sulfonamides is 1. The second kappa shape index (κ2) is 8.24. The molecule has 1 heterocycles. The smallest absolute Gasteiger partial charge is 0.267 e. The Balaban J connectivity index is 1.71. The van der Waals surface area contributed by atoms with E-state index in [4.69, 9.17) is 0 Å². The Morgan fingerprint density at radius 3 is 2.29 bits per heavy atom. The minimum Gasteiger partial charge on any atom is -0.267 e. The summed E-state index contributed by atoms with van der Waals surface area (Å²) in [7, 11) is -3.48. The summed E-state index contributed by atoms with van der Waals surface area (Å²) in [6, 6.07) is 12.0. The van der Waals surface area contributed by atoms with Gasteiger partial charge in [-0.2, -0.15) is 9.41 Å². The zero-order valence-corrected chi connectivity index (χ0v) is 17.2. The number of nitrogens with one attached hydrogen (secondary N) is 1. The first-order valence-electron chi connectivity index (χ1n) is 9.31. The number of hydrazone groups is 1. The summed E-state index contributed by atoms with van der Waals surface area (Å²) >= 11 is 0. The molecule has 0 spiro atoms. The monoisotopic (exact) mass is 399 g/mol. The van der Waals surface area contributed by atoms with Crippen LogP contribution in [0.5, 0.6) is 0 Å². The van der Waals surface area contributed by atoms with E-state index in [2.05, 4.69) is 16.6 Å². The number of hydrogen-bond donors (Lipinski definition) is 1. The van der Waals surface area contributed by atoms with Crippen LogP contribution in [0.15, 0.2) is 52.5 Å². The average Bonchev–Trinajstić information content (AvgIpc) is 3.21. The van der Waals surface area contributed by atoms with Crippen LogP contribution in [0.1, 0.15) is 46.8 Å². The van der Waals surface area contributed by atoms with Gasteiger partial charge in [0.2, 0.25) is 10.0 Å². The van der Waals surface area contributed by atoms with Crippen molar-refractivity contribution in [3.8, 4) is 0 Å². The highest BCUT2D eigenvalue weighted by atomic mass is 32.2. The summed E-state index contributed by atoms with van der Waals surface area (Å²) in [5, 5.41) is 4.19. The van der Waals surface area contributed by atoms with Gasteiger partial charge in [0, 0.05) is 24.2 Å². The Bertz CT molecular complexity index is 1010. The van der Waals surface area contributed by atoms with Crippen molar-refractivity contribution < 1.29 is 13.2 Å². The van der Waals surface area contributed by atoms with E-state index in [0.717, 1.165) is 24.0 Å². The van der Waals surface area contributed by atoms with Gasteiger partial charge in [-0.1, -0.05) is 23.8 Å². The van der Waals surface area contributed by atoms with Crippen molar-refractivity contribution in [3.63, 3.8) is 0 Å². The van der Waals surface area contributed by atoms with Crippen LogP contribution in [0.4, 0.5) is 0 Å². The molecule has 0 bridgehead atoms. The van der Waals surface area contributed by atoms with E-state index in [1.807, 2.05) is 32.9 Å². The quantitative estimate of drug-likeness (QED) is 0.619. The van der Waals surface area contributed by atoms with Crippen molar-refractivity contribution in [3.05, 3.63) is 64.7 Å². The molecule has 1 N–H and O–H groups in total. The average molecular weight is 400 g/mol. The number of amides is 1. The lowest BCUT2D eigenvalue weighted by molar-refractivity contribution is 0.0954. The molecular formula is C21H25N3O3S.